The van der Waals surface area contributed by atoms with E-state index in [1.807, 2.05) is 56.3 Å². The number of ether oxygens (including phenoxy) is 1. The molecule has 2 aliphatic rings. The quantitative estimate of drug-likeness (QED) is 0.705. The van der Waals surface area contributed by atoms with Crippen molar-refractivity contribution in [3.05, 3.63) is 71.3 Å². The Morgan fingerprint density at radius 2 is 1.81 bits per heavy atom. The van der Waals surface area contributed by atoms with Crippen LogP contribution < -0.4 is 0 Å². The van der Waals surface area contributed by atoms with Crippen LogP contribution in [0.1, 0.15) is 56.7 Å². The third-order valence-corrected chi connectivity index (χ3v) is 6.03. The molecule has 0 radical (unpaired) electrons. The highest BCUT2D eigenvalue weighted by Gasteiger charge is 2.52. The van der Waals surface area contributed by atoms with E-state index in [0.29, 0.717) is 24.5 Å². The van der Waals surface area contributed by atoms with Gasteiger partial charge in [-0.25, -0.2) is 9.69 Å². The van der Waals surface area contributed by atoms with Crippen molar-refractivity contribution in [1.82, 2.24) is 4.90 Å². The van der Waals surface area contributed by atoms with Gasteiger partial charge in [-0.05, 0) is 42.9 Å². The first-order chi connectivity index (χ1) is 14.8. The van der Waals surface area contributed by atoms with Crippen molar-refractivity contribution in [2.24, 2.45) is 5.16 Å². The Kier molecular flexibility index (Phi) is 5.56. The Bertz CT molecular complexity index is 996. The van der Waals surface area contributed by atoms with Crippen LogP contribution in [0.4, 0.5) is 4.79 Å². The second-order valence-corrected chi connectivity index (χ2v) is 9.00. The van der Waals surface area contributed by atoms with E-state index in [4.69, 9.17) is 9.57 Å². The number of oxime groups is 1. The monoisotopic (exact) mass is 420 g/mol. The Labute approximate surface area is 182 Å². The lowest BCUT2D eigenvalue weighted by Gasteiger charge is -2.28. The highest BCUT2D eigenvalue weighted by molar-refractivity contribution is 6.06. The molecule has 6 nitrogen and oxygen atoms in total. The first-order valence-corrected chi connectivity index (χ1v) is 10.7. The van der Waals surface area contributed by atoms with E-state index in [1.54, 1.807) is 0 Å². The Balaban J connectivity index is 1.49. The fraction of sp³-hybridized carbons (Fsp3) is 0.400. The SMILES string of the molecule is CC(C)c1ccc(C2=NO[C@H](C(=O)N3C(=O)OC(C)(C)[C@@H]3Cc3ccccc3)C2)cc1. The van der Waals surface area contributed by atoms with Gasteiger partial charge in [0.1, 0.15) is 5.60 Å². The Morgan fingerprint density at radius 1 is 1.13 bits per heavy atom. The van der Waals surface area contributed by atoms with Crippen LogP contribution in [0.3, 0.4) is 0 Å². The maximum atomic E-state index is 13.3. The summed E-state index contributed by atoms with van der Waals surface area (Å²) in [6.45, 7) is 7.95. The van der Waals surface area contributed by atoms with Crippen LogP contribution >= 0.6 is 0 Å². The number of nitrogens with zero attached hydrogens (tertiary/aromatic N) is 2. The van der Waals surface area contributed by atoms with Gasteiger partial charge in [-0.2, -0.15) is 0 Å². The largest absolute Gasteiger partial charge is 0.441 e. The third-order valence-electron chi connectivity index (χ3n) is 6.03. The topological polar surface area (TPSA) is 68.2 Å². The number of hydrogen-bond donors (Lipinski definition) is 0. The molecular formula is C25H28N2O4. The van der Waals surface area contributed by atoms with Crippen LogP contribution in [0, 0.1) is 0 Å². The minimum atomic E-state index is -0.834. The van der Waals surface area contributed by atoms with E-state index < -0.39 is 29.7 Å². The minimum absolute atomic E-state index is 0.322. The van der Waals surface area contributed by atoms with Gasteiger partial charge in [-0.15, -0.1) is 0 Å². The first kappa shape index (κ1) is 21.1. The van der Waals surface area contributed by atoms with E-state index in [0.717, 1.165) is 11.1 Å². The first-order valence-electron chi connectivity index (χ1n) is 10.7. The summed E-state index contributed by atoms with van der Waals surface area (Å²) in [6, 6.07) is 17.5. The number of carbonyl (C=O) groups is 2. The standard InChI is InChI=1S/C25H28N2O4/c1-16(2)18-10-12-19(13-11-18)20-15-21(31-26-20)23(28)27-22(25(3,4)30-24(27)29)14-17-8-6-5-7-9-17/h5-13,16,21-22H,14-15H2,1-4H3/t21-,22-/m0/s1. The molecule has 6 heteroatoms. The molecule has 0 saturated carbocycles. The second-order valence-electron chi connectivity index (χ2n) is 9.00. The molecule has 0 bridgehead atoms. The summed E-state index contributed by atoms with van der Waals surface area (Å²) in [5.74, 6) is 0.0327. The number of benzene rings is 2. The number of imide groups is 1. The van der Waals surface area contributed by atoms with E-state index >= 15 is 0 Å². The van der Waals surface area contributed by atoms with Crippen LogP contribution in [0.2, 0.25) is 0 Å². The molecule has 0 aliphatic carbocycles. The van der Waals surface area contributed by atoms with Crippen molar-refractivity contribution in [2.45, 2.75) is 64.2 Å². The highest BCUT2D eigenvalue weighted by Crippen LogP contribution is 2.33. The van der Waals surface area contributed by atoms with Gasteiger partial charge in [0.25, 0.3) is 5.91 Å². The average Bonchev–Trinajstić information content (AvgIpc) is 3.31. The van der Waals surface area contributed by atoms with Gasteiger partial charge < -0.3 is 9.57 Å². The van der Waals surface area contributed by atoms with Gasteiger partial charge in [-0.1, -0.05) is 73.6 Å². The number of carbonyl (C=O) groups excluding carboxylic acids is 2. The predicted octanol–water partition coefficient (Wildman–Crippen LogP) is 4.67. The van der Waals surface area contributed by atoms with Crippen molar-refractivity contribution in [3.63, 3.8) is 0 Å². The summed E-state index contributed by atoms with van der Waals surface area (Å²) in [7, 11) is 0. The van der Waals surface area contributed by atoms with E-state index in [2.05, 4.69) is 31.1 Å². The van der Waals surface area contributed by atoms with E-state index in [1.165, 1.54) is 10.5 Å². The van der Waals surface area contributed by atoms with E-state index in [9.17, 15) is 9.59 Å². The van der Waals surface area contributed by atoms with Gasteiger partial charge in [0.05, 0.1) is 11.8 Å². The normalized spacial score (nSPS) is 22.3. The molecule has 2 aromatic carbocycles. The zero-order chi connectivity index (χ0) is 22.2. The average molecular weight is 421 g/mol. The minimum Gasteiger partial charge on any atom is -0.441 e. The van der Waals surface area contributed by atoms with Crippen LogP contribution in [-0.2, 0) is 20.8 Å². The van der Waals surface area contributed by atoms with Gasteiger partial charge >= 0.3 is 6.09 Å². The Morgan fingerprint density at radius 3 is 2.45 bits per heavy atom. The summed E-state index contributed by atoms with van der Waals surface area (Å²) in [5.41, 5.74) is 3.11. The highest BCUT2D eigenvalue weighted by atomic mass is 16.6. The molecule has 0 spiro atoms. The molecule has 4 rings (SSSR count). The maximum absolute atomic E-state index is 13.3. The number of cyclic esters (lactones) is 1. The lowest BCUT2D eigenvalue weighted by atomic mass is 9.91. The molecule has 1 fully saturated rings. The number of rotatable bonds is 5. The molecule has 2 atom stereocenters. The molecule has 2 aliphatic heterocycles. The van der Waals surface area contributed by atoms with Gasteiger partial charge in [0, 0.05) is 6.42 Å². The molecule has 162 valence electrons. The molecule has 1 saturated heterocycles. The molecule has 2 amide bonds. The van der Waals surface area contributed by atoms with Crippen molar-refractivity contribution in [3.8, 4) is 0 Å². The second kappa shape index (κ2) is 8.17. The summed E-state index contributed by atoms with van der Waals surface area (Å²) in [4.78, 5) is 32.6. The summed E-state index contributed by atoms with van der Waals surface area (Å²) < 4.78 is 5.55. The Hall–Kier alpha value is -3.15. The molecule has 0 aromatic heterocycles. The van der Waals surface area contributed by atoms with Gasteiger partial charge in [0.15, 0.2) is 0 Å². The van der Waals surface area contributed by atoms with Gasteiger partial charge in [-0.3, -0.25) is 4.79 Å². The molecule has 0 N–H and O–H groups in total. The van der Waals surface area contributed by atoms with Gasteiger partial charge in [0.2, 0.25) is 6.10 Å². The van der Waals surface area contributed by atoms with Crippen molar-refractivity contribution >= 4 is 17.7 Å². The molecule has 2 heterocycles. The number of hydrogen-bond acceptors (Lipinski definition) is 5. The van der Waals surface area contributed by atoms with Crippen molar-refractivity contribution in [2.75, 3.05) is 0 Å². The van der Waals surface area contributed by atoms with Crippen molar-refractivity contribution in [1.29, 1.82) is 0 Å². The lowest BCUT2D eigenvalue weighted by molar-refractivity contribution is -0.140. The fourth-order valence-corrected chi connectivity index (χ4v) is 4.09. The maximum Gasteiger partial charge on any atom is 0.417 e. The molecule has 31 heavy (non-hydrogen) atoms. The van der Waals surface area contributed by atoms with Crippen LogP contribution in [0.5, 0.6) is 0 Å². The lowest BCUT2D eigenvalue weighted by Crippen LogP contribution is -2.49. The van der Waals surface area contributed by atoms with Crippen LogP contribution in [0.25, 0.3) is 0 Å². The summed E-state index contributed by atoms with van der Waals surface area (Å²) in [5, 5.41) is 4.14. The molecule has 0 unspecified atom stereocenters. The van der Waals surface area contributed by atoms with E-state index in [-0.39, 0.29) is 0 Å². The molecular weight excluding hydrogens is 392 g/mol. The number of amides is 2. The van der Waals surface area contributed by atoms with Crippen LogP contribution in [-0.4, -0.2) is 40.4 Å². The van der Waals surface area contributed by atoms with Crippen molar-refractivity contribution < 1.29 is 19.2 Å². The zero-order valence-corrected chi connectivity index (χ0v) is 18.4. The summed E-state index contributed by atoms with van der Waals surface area (Å²) >= 11 is 0. The smallest absolute Gasteiger partial charge is 0.417 e. The zero-order valence-electron chi connectivity index (χ0n) is 18.4. The fourth-order valence-electron chi connectivity index (χ4n) is 4.09. The summed E-state index contributed by atoms with van der Waals surface area (Å²) in [6.07, 6.45) is -0.626. The predicted molar refractivity (Wildman–Crippen MR) is 118 cm³/mol. The van der Waals surface area contributed by atoms with Crippen LogP contribution in [0.15, 0.2) is 59.8 Å². The molecule has 2 aromatic rings. The third kappa shape index (κ3) is 4.20.